The number of carbonyl (C=O) groups is 2. The molecule has 0 radical (unpaired) electrons. The molecule has 9 nitrogen and oxygen atoms in total. The number of carbonyl (C=O) groups excluding carboxylic acids is 2. The number of ether oxygens (including phenoxy) is 3. The van der Waals surface area contributed by atoms with Gasteiger partial charge >= 0.3 is 11.9 Å². The Morgan fingerprint density at radius 3 is 2.46 bits per heavy atom. The molecule has 11 heteroatoms. The second-order valence-corrected chi connectivity index (χ2v) is 12.5. The van der Waals surface area contributed by atoms with Crippen LogP contribution < -0.4 is 19.6 Å². The maximum absolute atomic E-state index is 14.2. The molecule has 0 N–H and O–H groups in total. The minimum absolute atomic E-state index is 0.147. The minimum Gasteiger partial charge on any atom is -0.497 e. The first kappa shape index (κ1) is 32.7. The molecule has 0 spiro atoms. The van der Waals surface area contributed by atoms with Gasteiger partial charge in [-0.1, -0.05) is 65.4 Å². The third-order valence-corrected chi connectivity index (χ3v) is 8.73. The molecule has 1 aliphatic heterocycles. The van der Waals surface area contributed by atoms with Gasteiger partial charge in [0.1, 0.15) is 17.3 Å². The standard InChI is InChI=1S/C37H31ClN2O7S/c1-5-45-36(43)31-32(22-9-7-6-8-10-22)39-37-40(33(31)23-11-14-25(44-4)15-12-23)34(41)30(48-37)20-26-16-18-29(47-26)28-19-24(38)13-17-27(28)35(42)46-21(2)3/h6-21,33H,5H2,1-4H3/b30-20+/t33-/m1/s1. The van der Waals surface area contributed by atoms with Gasteiger partial charge in [-0.05, 0) is 68.8 Å². The lowest BCUT2D eigenvalue weighted by atomic mass is 9.93. The number of thiazole rings is 1. The number of fused-ring (bicyclic) bond motifs is 1. The maximum atomic E-state index is 14.2. The number of hydrogen-bond acceptors (Lipinski definition) is 9. The van der Waals surface area contributed by atoms with Crippen LogP contribution in [0.2, 0.25) is 5.02 Å². The number of esters is 2. The summed E-state index contributed by atoms with van der Waals surface area (Å²) < 4.78 is 24.3. The van der Waals surface area contributed by atoms with E-state index in [4.69, 9.17) is 35.2 Å². The van der Waals surface area contributed by atoms with Crippen LogP contribution in [0.1, 0.15) is 54.1 Å². The number of hydrogen-bond donors (Lipinski definition) is 0. The highest BCUT2D eigenvalue weighted by molar-refractivity contribution is 7.07. The first-order chi connectivity index (χ1) is 23.2. The largest absolute Gasteiger partial charge is 0.497 e. The Bertz CT molecular complexity index is 2210. The first-order valence-corrected chi connectivity index (χ1v) is 16.4. The molecule has 3 aromatic carbocycles. The maximum Gasteiger partial charge on any atom is 0.339 e. The lowest BCUT2D eigenvalue weighted by Crippen LogP contribution is -2.40. The van der Waals surface area contributed by atoms with Gasteiger partial charge in [0.15, 0.2) is 4.80 Å². The molecule has 0 fully saturated rings. The average molecular weight is 683 g/mol. The Morgan fingerprint density at radius 1 is 1.02 bits per heavy atom. The van der Waals surface area contributed by atoms with Crippen LogP contribution in [0, 0.1) is 0 Å². The van der Waals surface area contributed by atoms with Gasteiger partial charge in [0.25, 0.3) is 5.56 Å². The van der Waals surface area contributed by atoms with E-state index in [1.54, 1.807) is 76.4 Å². The van der Waals surface area contributed by atoms with E-state index in [0.29, 0.717) is 59.6 Å². The van der Waals surface area contributed by atoms with E-state index in [9.17, 15) is 14.4 Å². The molecule has 0 saturated carbocycles. The van der Waals surface area contributed by atoms with E-state index in [1.165, 1.54) is 15.9 Å². The van der Waals surface area contributed by atoms with Crippen molar-refractivity contribution in [2.75, 3.05) is 13.7 Å². The Balaban J connectivity index is 1.52. The highest BCUT2D eigenvalue weighted by atomic mass is 35.5. The second-order valence-electron chi connectivity index (χ2n) is 11.1. The SMILES string of the molecule is CCOC(=O)C1=C(c2ccccc2)N=c2s/c(=C/c3ccc(-c4cc(Cl)ccc4C(=O)OC(C)C)o3)c(=O)n2[C@@H]1c1ccc(OC)cc1. The molecule has 1 atom stereocenters. The Labute approximate surface area is 285 Å². The molecule has 0 bridgehead atoms. The summed E-state index contributed by atoms with van der Waals surface area (Å²) in [6, 6.07) is 23.9. The number of rotatable bonds is 9. The van der Waals surface area contributed by atoms with E-state index < -0.39 is 18.0 Å². The van der Waals surface area contributed by atoms with Crippen LogP contribution in [0.25, 0.3) is 23.1 Å². The quantitative estimate of drug-likeness (QED) is 0.165. The number of methoxy groups -OCH3 is 1. The molecule has 244 valence electrons. The molecule has 2 aromatic heterocycles. The molecule has 3 heterocycles. The van der Waals surface area contributed by atoms with Crippen molar-refractivity contribution in [1.29, 1.82) is 0 Å². The monoisotopic (exact) mass is 682 g/mol. The van der Waals surface area contributed by atoms with Crippen LogP contribution in [0.15, 0.2) is 105 Å². The van der Waals surface area contributed by atoms with Crippen LogP contribution >= 0.6 is 22.9 Å². The number of halogens is 1. The Hall–Kier alpha value is -5.19. The van der Waals surface area contributed by atoms with Crippen LogP contribution in [0.4, 0.5) is 0 Å². The van der Waals surface area contributed by atoms with Gasteiger partial charge in [-0.15, -0.1) is 0 Å². The lowest BCUT2D eigenvalue weighted by molar-refractivity contribution is -0.138. The van der Waals surface area contributed by atoms with Crippen molar-refractivity contribution in [2.24, 2.45) is 4.99 Å². The van der Waals surface area contributed by atoms with Crippen LogP contribution in [0.3, 0.4) is 0 Å². The summed E-state index contributed by atoms with van der Waals surface area (Å²) in [6.45, 7) is 5.42. The van der Waals surface area contributed by atoms with E-state index in [1.807, 2.05) is 42.5 Å². The van der Waals surface area contributed by atoms with E-state index in [2.05, 4.69) is 0 Å². The van der Waals surface area contributed by atoms with Crippen molar-refractivity contribution >= 4 is 46.6 Å². The van der Waals surface area contributed by atoms with Gasteiger partial charge in [0, 0.05) is 22.2 Å². The topological polar surface area (TPSA) is 109 Å². The smallest absolute Gasteiger partial charge is 0.339 e. The number of nitrogens with zero attached hydrogens (tertiary/aromatic N) is 2. The summed E-state index contributed by atoms with van der Waals surface area (Å²) in [7, 11) is 1.57. The molecule has 6 rings (SSSR count). The third-order valence-electron chi connectivity index (χ3n) is 7.52. The number of benzene rings is 3. The molecule has 0 saturated heterocycles. The summed E-state index contributed by atoms with van der Waals surface area (Å²) in [5, 5.41) is 0.419. The fourth-order valence-corrected chi connectivity index (χ4v) is 6.58. The molecule has 0 unspecified atom stereocenters. The molecule has 0 aliphatic carbocycles. The zero-order valence-electron chi connectivity index (χ0n) is 26.6. The minimum atomic E-state index is -0.836. The lowest BCUT2D eigenvalue weighted by Gasteiger charge is -2.26. The van der Waals surface area contributed by atoms with E-state index in [-0.39, 0.29) is 23.8 Å². The van der Waals surface area contributed by atoms with Gasteiger partial charge in [0.2, 0.25) is 0 Å². The molecular weight excluding hydrogens is 652 g/mol. The Morgan fingerprint density at radius 2 is 1.77 bits per heavy atom. The average Bonchev–Trinajstić information content (AvgIpc) is 3.68. The summed E-state index contributed by atoms with van der Waals surface area (Å²) in [5.41, 5.74) is 2.44. The zero-order chi connectivity index (χ0) is 33.9. The number of aromatic nitrogens is 1. The zero-order valence-corrected chi connectivity index (χ0v) is 28.1. The van der Waals surface area contributed by atoms with Crippen LogP contribution in [-0.2, 0) is 14.3 Å². The molecular formula is C37H31ClN2O7S. The van der Waals surface area contributed by atoms with Crippen molar-refractivity contribution in [3.05, 3.63) is 138 Å². The highest BCUT2D eigenvalue weighted by Gasteiger charge is 2.35. The summed E-state index contributed by atoms with van der Waals surface area (Å²) >= 11 is 7.46. The van der Waals surface area contributed by atoms with E-state index in [0.717, 1.165) is 0 Å². The third kappa shape index (κ3) is 6.49. The van der Waals surface area contributed by atoms with Crippen LogP contribution in [0.5, 0.6) is 5.75 Å². The van der Waals surface area contributed by atoms with E-state index >= 15 is 0 Å². The van der Waals surface area contributed by atoms with Crippen molar-refractivity contribution < 1.29 is 28.2 Å². The summed E-state index contributed by atoms with van der Waals surface area (Å²) in [5.74, 6) is 0.295. The fourth-order valence-electron chi connectivity index (χ4n) is 5.42. The predicted molar refractivity (Wildman–Crippen MR) is 184 cm³/mol. The van der Waals surface area contributed by atoms with Crippen molar-refractivity contribution in [3.63, 3.8) is 0 Å². The van der Waals surface area contributed by atoms with Crippen molar-refractivity contribution in [2.45, 2.75) is 32.9 Å². The van der Waals surface area contributed by atoms with Crippen molar-refractivity contribution in [3.8, 4) is 17.1 Å². The molecule has 5 aromatic rings. The van der Waals surface area contributed by atoms with Crippen molar-refractivity contribution in [1.82, 2.24) is 4.57 Å². The Kier molecular flexibility index (Phi) is 9.47. The fraction of sp³-hybridized carbons (Fsp3) is 0.189. The predicted octanol–water partition coefficient (Wildman–Crippen LogP) is 6.42. The van der Waals surface area contributed by atoms with Gasteiger partial charge in [-0.2, -0.15) is 0 Å². The first-order valence-electron chi connectivity index (χ1n) is 15.2. The number of furan rings is 1. The summed E-state index contributed by atoms with van der Waals surface area (Å²) in [6.07, 6.45) is 1.30. The van der Waals surface area contributed by atoms with Gasteiger partial charge in [-0.25, -0.2) is 14.6 Å². The molecule has 0 amide bonds. The molecule has 1 aliphatic rings. The van der Waals surface area contributed by atoms with Gasteiger partial charge in [0.05, 0.1) is 47.2 Å². The normalized spacial score (nSPS) is 14.5. The second kappa shape index (κ2) is 13.9. The van der Waals surface area contributed by atoms with Crippen LogP contribution in [-0.4, -0.2) is 36.3 Å². The summed E-state index contributed by atoms with van der Waals surface area (Å²) in [4.78, 5) is 46.0. The highest BCUT2D eigenvalue weighted by Crippen LogP contribution is 2.36. The van der Waals surface area contributed by atoms with Gasteiger partial charge in [-0.3, -0.25) is 9.36 Å². The van der Waals surface area contributed by atoms with Gasteiger partial charge < -0.3 is 18.6 Å². The molecule has 48 heavy (non-hydrogen) atoms.